The van der Waals surface area contributed by atoms with Crippen LogP contribution in [0.15, 0.2) is 48.5 Å². The van der Waals surface area contributed by atoms with E-state index in [-0.39, 0.29) is 5.91 Å². The van der Waals surface area contributed by atoms with Gasteiger partial charge in [0.25, 0.3) is 5.91 Å². The molecule has 0 bridgehead atoms. The number of aliphatic hydroxyl groups is 1. The summed E-state index contributed by atoms with van der Waals surface area (Å²) in [5, 5.41) is 21.2. The van der Waals surface area contributed by atoms with Crippen molar-refractivity contribution in [1.82, 2.24) is 20.4 Å². The quantitative estimate of drug-likeness (QED) is 0.321. The van der Waals surface area contributed by atoms with Crippen LogP contribution in [0.3, 0.4) is 0 Å². The lowest BCUT2D eigenvalue weighted by atomic mass is 10.00. The molecule has 2 aromatic carbocycles. The minimum absolute atomic E-state index is 0.209. The molecule has 2 unspecified atom stereocenters. The van der Waals surface area contributed by atoms with E-state index < -0.39 is 6.23 Å². The molecule has 4 rings (SSSR count). The second-order valence-corrected chi connectivity index (χ2v) is 8.57. The number of aliphatic hydroxyl groups excluding tert-OH is 1. The Morgan fingerprint density at radius 1 is 1.29 bits per heavy atom. The fraction of sp³-hybridized carbons (Fsp3) is 0.360. The van der Waals surface area contributed by atoms with Crippen LogP contribution < -0.4 is 26.8 Å². The lowest BCUT2D eigenvalue weighted by Gasteiger charge is -2.23. The van der Waals surface area contributed by atoms with Gasteiger partial charge in [-0.1, -0.05) is 36.4 Å². The van der Waals surface area contributed by atoms with Crippen LogP contribution in [-0.2, 0) is 13.1 Å². The summed E-state index contributed by atoms with van der Waals surface area (Å²) in [5.74, 6) is 1.14. The summed E-state index contributed by atoms with van der Waals surface area (Å²) in [7, 11) is 1.54. The molecule has 2 heterocycles. The molecule has 180 valence electrons. The first kappa shape index (κ1) is 23.7. The number of rotatable bonds is 8. The van der Waals surface area contributed by atoms with E-state index in [1.54, 1.807) is 22.9 Å². The van der Waals surface area contributed by atoms with Gasteiger partial charge in [-0.3, -0.25) is 4.79 Å². The molecule has 0 saturated carbocycles. The predicted molar refractivity (Wildman–Crippen MR) is 131 cm³/mol. The second-order valence-electron chi connectivity index (χ2n) is 8.57. The second kappa shape index (κ2) is 10.7. The molecule has 1 aliphatic heterocycles. The molecule has 1 amide bonds. The van der Waals surface area contributed by atoms with Gasteiger partial charge >= 0.3 is 0 Å². The number of carbonyl (C=O) groups is 1. The number of nitrogens with two attached hydrogens (primary N) is 2. The summed E-state index contributed by atoms with van der Waals surface area (Å²) in [6, 6.07) is 14.7. The van der Waals surface area contributed by atoms with Gasteiger partial charge in [0.2, 0.25) is 0 Å². The van der Waals surface area contributed by atoms with Gasteiger partial charge in [0.1, 0.15) is 23.5 Å². The molecule has 1 aromatic heterocycles. The van der Waals surface area contributed by atoms with E-state index in [0.717, 1.165) is 37.1 Å². The maximum atomic E-state index is 12.5. The Labute approximate surface area is 199 Å². The molecule has 3 aromatic rings. The number of benzene rings is 2. The highest BCUT2D eigenvalue weighted by atomic mass is 16.5. The van der Waals surface area contributed by atoms with E-state index in [9.17, 15) is 9.90 Å². The van der Waals surface area contributed by atoms with Crippen LogP contribution in [0, 0.1) is 5.92 Å². The van der Waals surface area contributed by atoms with E-state index in [2.05, 4.69) is 10.6 Å². The van der Waals surface area contributed by atoms with Crippen molar-refractivity contribution in [1.29, 1.82) is 0 Å². The summed E-state index contributed by atoms with van der Waals surface area (Å²) >= 11 is 0. The largest absolute Gasteiger partial charge is 0.496 e. The summed E-state index contributed by atoms with van der Waals surface area (Å²) < 4.78 is 7.01. The monoisotopic (exact) mass is 464 g/mol. The molecule has 2 atom stereocenters. The van der Waals surface area contributed by atoms with Gasteiger partial charge in [0.15, 0.2) is 0 Å². The molecule has 0 radical (unpaired) electrons. The number of nitrogens with zero attached hydrogens (tertiary/aromatic N) is 2. The van der Waals surface area contributed by atoms with Crippen LogP contribution in [0.25, 0.3) is 11.3 Å². The van der Waals surface area contributed by atoms with Gasteiger partial charge in [-0.15, -0.1) is 0 Å². The van der Waals surface area contributed by atoms with Gasteiger partial charge in [-0.05, 0) is 49.5 Å². The number of aromatic nitrogens is 2. The zero-order valence-electron chi connectivity index (χ0n) is 19.3. The first-order chi connectivity index (χ1) is 16.5. The maximum Gasteiger partial charge on any atom is 0.255 e. The molecule has 0 spiro atoms. The summed E-state index contributed by atoms with van der Waals surface area (Å²) in [4.78, 5) is 12.5. The summed E-state index contributed by atoms with van der Waals surface area (Å²) in [5.41, 5.74) is 15.4. The Kier molecular flexibility index (Phi) is 7.46. The van der Waals surface area contributed by atoms with Gasteiger partial charge in [0, 0.05) is 18.7 Å². The van der Waals surface area contributed by atoms with Crippen molar-refractivity contribution in [2.75, 3.05) is 25.9 Å². The van der Waals surface area contributed by atoms with Crippen LogP contribution in [0.1, 0.15) is 40.6 Å². The van der Waals surface area contributed by atoms with E-state index in [0.29, 0.717) is 47.4 Å². The molecule has 1 aliphatic rings. The van der Waals surface area contributed by atoms with Crippen molar-refractivity contribution < 1.29 is 14.6 Å². The topological polar surface area (TPSA) is 140 Å². The van der Waals surface area contributed by atoms with Crippen molar-refractivity contribution in [3.63, 3.8) is 0 Å². The molecular formula is C25H32N6O3. The predicted octanol–water partition coefficient (Wildman–Crippen LogP) is 2.02. The Morgan fingerprint density at radius 2 is 2.06 bits per heavy atom. The van der Waals surface area contributed by atoms with Crippen LogP contribution >= 0.6 is 0 Å². The Bertz CT molecular complexity index is 1120. The summed E-state index contributed by atoms with van der Waals surface area (Å²) in [6.45, 7) is 2.99. The van der Waals surface area contributed by atoms with Crippen molar-refractivity contribution in [3.05, 3.63) is 65.2 Å². The number of amides is 1. The molecule has 7 N–H and O–H groups in total. The lowest BCUT2D eigenvalue weighted by Crippen LogP contribution is -2.32. The highest BCUT2D eigenvalue weighted by molar-refractivity contribution is 5.96. The Hall–Kier alpha value is -3.40. The van der Waals surface area contributed by atoms with Gasteiger partial charge < -0.3 is 31.9 Å². The first-order valence-corrected chi connectivity index (χ1v) is 11.5. The molecule has 9 nitrogen and oxygen atoms in total. The van der Waals surface area contributed by atoms with Crippen LogP contribution in [0.2, 0.25) is 0 Å². The number of hydrogen-bond donors (Lipinski definition) is 5. The lowest BCUT2D eigenvalue weighted by molar-refractivity contribution is 0.0948. The molecule has 1 saturated heterocycles. The molecule has 1 fully saturated rings. The van der Waals surface area contributed by atoms with E-state index in [1.807, 2.05) is 30.3 Å². The number of hydrogen-bond acceptors (Lipinski definition) is 7. The molecule has 0 aliphatic carbocycles. The average molecular weight is 465 g/mol. The highest BCUT2D eigenvalue weighted by Gasteiger charge is 2.23. The number of methoxy groups -OCH3 is 1. The number of piperidine rings is 1. The van der Waals surface area contributed by atoms with Crippen LogP contribution in [-0.4, -0.2) is 41.0 Å². The third kappa shape index (κ3) is 5.22. The van der Waals surface area contributed by atoms with E-state index in [4.69, 9.17) is 21.3 Å². The minimum atomic E-state index is -1.23. The standard InChI is InChI=1S/C25H32N6O3/c1-34-20-7-3-2-6-19(20)25(33)29-14-16-8-10-18(11-9-16)22-21(24(27)32)23(26)31(30-22)15-17-5-4-12-28-13-17/h2-3,6-11,17,24,28,32H,4-5,12-15,26-27H2,1H3,(H,29,33). The molecule has 34 heavy (non-hydrogen) atoms. The molecule has 9 heteroatoms. The normalized spacial score (nSPS) is 16.7. The van der Waals surface area contributed by atoms with Crippen LogP contribution in [0.4, 0.5) is 5.82 Å². The third-order valence-corrected chi connectivity index (χ3v) is 6.19. The number of para-hydroxylation sites is 1. The van der Waals surface area contributed by atoms with Gasteiger partial charge in [-0.2, -0.15) is 5.10 Å². The molecular weight excluding hydrogens is 432 g/mol. The third-order valence-electron chi connectivity index (χ3n) is 6.19. The maximum absolute atomic E-state index is 12.5. The highest BCUT2D eigenvalue weighted by Crippen LogP contribution is 2.31. The zero-order valence-corrected chi connectivity index (χ0v) is 19.3. The summed E-state index contributed by atoms with van der Waals surface area (Å²) in [6.07, 6.45) is 1.01. The number of ether oxygens (including phenoxy) is 1. The number of nitrogen functional groups attached to an aromatic ring is 1. The first-order valence-electron chi connectivity index (χ1n) is 11.5. The van der Waals surface area contributed by atoms with Crippen molar-refractivity contribution in [2.45, 2.75) is 32.2 Å². The van der Waals surface area contributed by atoms with E-state index in [1.165, 1.54) is 7.11 Å². The average Bonchev–Trinajstić information content (AvgIpc) is 3.19. The number of nitrogens with one attached hydrogen (secondary N) is 2. The Morgan fingerprint density at radius 3 is 2.74 bits per heavy atom. The van der Waals surface area contributed by atoms with Crippen molar-refractivity contribution in [2.24, 2.45) is 11.7 Å². The fourth-order valence-electron chi connectivity index (χ4n) is 4.35. The van der Waals surface area contributed by atoms with Gasteiger partial charge in [0.05, 0.1) is 18.2 Å². The smallest absolute Gasteiger partial charge is 0.255 e. The SMILES string of the molecule is COc1ccccc1C(=O)NCc1ccc(-c2nn(CC3CCCNC3)c(N)c2C(N)O)cc1. The fourth-order valence-corrected chi connectivity index (χ4v) is 4.35. The zero-order chi connectivity index (χ0) is 24.1. The Balaban J connectivity index is 1.48. The van der Waals surface area contributed by atoms with Crippen LogP contribution in [0.5, 0.6) is 5.75 Å². The minimum Gasteiger partial charge on any atom is -0.496 e. The van der Waals surface area contributed by atoms with Gasteiger partial charge in [-0.25, -0.2) is 4.68 Å². The van der Waals surface area contributed by atoms with Crippen molar-refractivity contribution in [3.8, 4) is 17.0 Å². The van der Waals surface area contributed by atoms with Crippen molar-refractivity contribution >= 4 is 11.7 Å². The van der Waals surface area contributed by atoms with E-state index >= 15 is 0 Å². The number of carbonyl (C=O) groups excluding carboxylic acids is 1. The number of anilines is 1.